The first kappa shape index (κ1) is 13.3. The summed E-state index contributed by atoms with van der Waals surface area (Å²) in [5.41, 5.74) is 5.34. The Morgan fingerprint density at radius 1 is 1.30 bits per heavy atom. The molecular weight excluding hydrogens is 243 g/mol. The lowest BCUT2D eigenvalue weighted by atomic mass is 9.84. The highest BCUT2D eigenvalue weighted by atomic mass is 16.5. The van der Waals surface area contributed by atoms with Gasteiger partial charge in [0.05, 0.1) is 5.92 Å². The van der Waals surface area contributed by atoms with Gasteiger partial charge in [0.25, 0.3) is 0 Å². The Hall–Kier alpha value is -1.72. The average Bonchev–Trinajstić information content (AvgIpc) is 2.56. The molecule has 0 aliphatic heterocycles. The number of rotatable bonds is 2. The van der Waals surface area contributed by atoms with Gasteiger partial charge >= 0.3 is 7.48 Å². The van der Waals surface area contributed by atoms with Crippen LogP contribution in [0.1, 0.15) is 37.8 Å². The molecule has 2 aliphatic rings. The van der Waals surface area contributed by atoms with Gasteiger partial charge < -0.3 is 4.65 Å². The van der Waals surface area contributed by atoms with Gasteiger partial charge in [0.1, 0.15) is 0 Å². The van der Waals surface area contributed by atoms with E-state index in [1.54, 1.807) is 0 Å². The maximum absolute atomic E-state index is 5.86. The van der Waals surface area contributed by atoms with Gasteiger partial charge in [-0.1, -0.05) is 47.7 Å². The predicted octanol–water partition coefficient (Wildman–Crippen LogP) is 2.62. The number of allylic oxidation sites excluding steroid dienone is 4. The zero-order valence-electron chi connectivity index (χ0n) is 12.4. The molecule has 1 aromatic rings. The van der Waals surface area contributed by atoms with Crippen LogP contribution in [0.15, 0.2) is 42.0 Å². The van der Waals surface area contributed by atoms with Gasteiger partial charge in [-0.25, -0.2) is 0 Å². The minimum Gasteiger partial charge on any atom is -0.430 e. The lowest BCUT2D eigenvalue weighted by Crippen LogP contribution is -2.28. The Bertz CT molecular complexity index is 650. The van der Waals surface area contributed by atoms with E-state index in [0.717, 1.165) is 6.42 Å². The molecule has 20 heavy (non-hydrogen) atoms. The van der Waals surface area contributed by atoms with Crippen molar-refractivity contribution in [2.45, 2.75) is 38.7 Å². The van der Waals surface area contributed by atoms with E-state index in [-0.39, 0.29) is 11.5 Å². The molecule has 0 saturated carbocycles. The molecule has 100 valence electrons. The van der Waals surface area contributed by atoms with Crippen LogP contribution in [0, 0.1) is 11.8 Å². The second-order valence-corrected chi connectivity index (χ2v) is 6.43. The largest absolute Gasteiger partial charge is 0.430 e. The molecular formula is C18H19BO. The Balaban J connectivity index is 1.84. The van der Waals surface area contributed by atoms with Crippen LogP contribution in [-0.4, -0.2) is 13.1 Å². The summed E-state index contributed by atoms with van der Waals surface area (Å²) in [6, 6.07) is 6.68. The molecule has 3 rings (SSSR count). The van der Waals surface area contributed by atoms with Crippen molar-refractivity contribution in [1.82, 2.24) is 0 Å². The molecule has 1 atom stereocenters. The van der Waals surface area contributed by atoms with Crippen LogP contribution < -0.4 is 5.46 Å². The van der Waals surface area contributed by atoms with Crippen molar-refractivity contribution in [3.8, 4) is 11.8 Å². The van der Waals surface area contributed by atoms with Crippen molar-refractivity contribution in [3.05, 3.63) is 53.1 Å². The minimum absolute atomic E-state index is 0.0935. The van der Waals surface area contributed by atoms with Crippen molar-refractivity contribution in [3.63, 3.8) is 0 Å². The zero-order valence-corrected chi connectivity index (χ0v) is 12.4. The fourth-order valence-corrected chi connectivity index (χ4v) is 2.68. The standard InChI is InChI=1S/C18H19BO/c1-18(2,3)20-19-15-9-10-17-14(12-15)11-13-7-5-4-6-8-16(13)17/h4-5,7,9-10,12,16,19H,11H2,1-3H3. The highest BCUT2D eigenvalue weighted by molar-refractivity contribution is 6.47. The SMILES string of the molecule is CC(C)(C)OBc1ccc2c(c1)CC1=CC=CC#CC12. The summed E-state index contributed by atoms with van der Waals surface area (Å²) in [6.45, 7) is 6.27. The van der Waals surface area contributed by atoms with Crippen LogP contribution in [0.2, 0.25) is 0 Å². The fourth-order valence-electron chi connectivity index (χ4n) is 2.68. The summed E-state index contributed by atoms with van der Waals surface area (Å²) in [5.74, 6) is 6.74. The van der Waals surface area contributed by atoms with Crippen LogP contribution in [0.3, 0.4) is 0 Å². The molecule has 0 spiro atoms. The first-order valence-electron chi connectivity index (χ1n) is 7.15. The van der Waals surface area contributed by atoms with E-state index in [4.69, 9.17) is 4.65 Å². The summed E-state index contributed by atoms with van der Waals surface area (Å²) in [6.07, 6.45) is 7.19. The second kappa shape index (κ2) is 5.00. The van der Waals surface area contributed by atoms with E-state index in [1.807, 2.05) is 6.08 Å². The normalized spacial score (nSPS) is 19.4. The molecule has 0 heterocycles. The lowest BCUT2D eigenvalue weighted by molar-refractivity contribution is 0.142. The minimum atomic E-state index is -0.0935. The zero-order chi connectivity index (χ0) is 14.2. The lowest BCUT2D eigenvalue weighted by Gasteiger charge is -2.19. The van der Waals surface area contributed by atoms with Gasteiger partial charge in [-0.3, -0.25) is 0 Å². The van der Waals surface area contributed by atoms with Crippen LogP contribution in [-0.2, 0) is 11.1 Å². The predicted molar refractivity (Wildman–Crippen MR) is 85.5 cm³/mol. The maximum Gasteiger partial charge on any atom is 0.309 e. The van der Waals surface area contributed by atoms with Crippen molar-refractivity contribution >= 4 is 12.9 Å². The summed E-state index contributed by atoms with van der Waals surface area (Å²) >= 11 is 0. The van der Waals surface area contributed by atoms with E-state index in [1.165, 1.54) is 22.2 Å². The summed E-state index contributed by atoms with van der Waals surface area (Å²) in [7, 11) is 0.673. The molecule has 0 fully saturated rings. The summed E-state index contributed by atoms with van der Waals surface area (Å²) in [5, 5.41) is 0. The Labute approximate surface area is 122 Å². The molecule has 2 heteroatoms. The van der Waals surface area contributed by atoms with E-state index >= 15 is 0 Å². The van der Waals surface area contributed by atoms with E-state index in [9.17, 15) is 0 Å². The molecule has 0 aromatic heterocycles. The quantitative estimate of drug-likeness (QED) is 0.588. The van der Waals surface area contributed by atoms with E-state index in [0.29, 0.717) is 7.48 Å². The third-order valence-electron chi connectivity index (χ3n) is 3.67. The van der Waals surface area contributed by atoms with Gasteiger partial charge in [0.2, 0.25) is 0 Å². The van der Waals surface area contributed by atoms with Gasteiger partial charge in [0.15, 0.2) is 0 Å². The second-order valence-electron chi connectivity index (χ2n) is 6.43. The molecule has 0 radical (unpaired) electrons. The molecule has 0 bridgehead atoms. The maximum atomic E-state index is 5.86. The van der Waals surface area contributed by atoms with Crippen molar-refractivity contribution < 1.29 is 4.65 Å². The van der Waals surface area contributed by atoms with Gasteiger partial charge in [0, 0.05) is 5.60 Å². The molecule has 0 amide bonds. The van der Waals surface area contributed by atoms with Crippen LogP contribution in [0.4, 0.5) is 0 Å². The number of benzene rings is 1. The molecule has 1 aromatic carbocycles. The molecule has 1 unspecified atom stereocenters. The van der Waals surface area contributed by atoms with E-state index in [2.05, 4.69) is 63.0 Å². The highest BCUT2D eigenvalue weighted by Crippen LogP contribution is 2.37. The Morgan fingerprint density at radius 2 is 2.15 bits per heavy atom. The first-order valence-corrected chi connectivity index (χ1v) is 7.15. The highest BCUT2D eigenvalue weighted by Gasteiger charge is 2.26. The van der Waals surface area contributed by atoms with Gasteiger partial charge in [-0.05, 0) is 50.0 Å². The molecule has 1 nitrogen and oxygen atoms in total. The number of fused-ring (bicyclic) bond motifs is 3. The Morgan fingerprint density at radius 3 is 2.95 bits per heavy atom. The topological polar surface area (TPSA) is 9.23 Å². The third-order valence-corrected chi connectivity index (χ3v) is 3.67. The summed E-state index contributed by atoms with van der Waals surface area (Å²) in [4.78, 5) is 0. The monoisotopic (exact) mass is 262 g/mol. The van der Waals surface area contributed by atoms with Crippen LogP contribution in [0.5, 0.6) is 0 Å². The molecule has 0 saturated heterocycles. The fraction of sp³-hybridized carbons (Fsp3) is 0.333. The van der Waals surface area contributed by atoms with Gasteiger partial charge in [-0.15, -0.1) is 0 Å². The first-order chi connectivity index (χ1) is 9.53. The van der Waals surface area contributed by atoms with Gasteiger partial charge in [-0.2, -0.15) is 0 Å². The van der Waals surface area contributed by atoms with Crippen molar-refractivity contribution in [1.29, 1.82) is 0 Å². The number of hydrogen-bond acceptors (Lipinski definition) is 1. The van der Waals surface area contributed by atoms with Crippen LogP contribution >= 0.6 is 0 Å². The van der Waals surface area contributed by atoms with Crippen molar-refractivity contribution in [2.75, 3.05) is 0 Å². The average molecular weight is 262 g/mol. The smallest absolute Gasteiger partial charge is 0.309 e. The molecule has 0 N–H and O–H groups in total. The summed E-state index contributed by atoms with van der Waals surface area (Å²) < 4.78 is 5.86. The van der Waals surface area contributed by atoms with E-state index < -0.39 is 0 Å². The Kier molecular flexibility index (Phi) is 3.32. The third kappa shape index (κ3) is 2.74. The molecule has 2 aliphatic carbocycles. The number of hydrogen-bond donors (Lipinski definition) is 0. The van der Waals surface area contributed by atoms with Crippen molar-refractivity contribution in [2.24, 2.45) is 0 Å². The van der Waals surface area contributed by atoms with Crippen LogP contribution in [0.25, 0.3) is 0 Å².